The Morgan fingerprint density at radius 2 is 1.83 bits per heavy atom. The van der Waals surface area contributed by atoms with Crippen LogP contribution in [0.1, 0.15) is 15.9 Å². The van der Waals surface area contributed by atoms with Crippen LogP contribution in [0.5, 0.6) is 0 Å². The molecular formula is C15H10O7S. The summed E-state index contributed by atoms with van der Waals surface area (Å²) >= 11 is 0. The Hall–Kier alpha value is -2.71. The van der Waals surface area contributed by atoms with E-state index in [0.717, 1.165) is 12.1 Å². The molecule has 2 N–H and O–H groups in total. The van der Waals surface area contributed by atoms with Gasteiger partial charge in [-0.15, -0.1) is 0 Å². The summed E-state index contributed by atoms with van der Waals surface area (Å²) in [4.78, 5) is 23.4. The van der Waals surface area contributed by atoms with E-state index in [1.807, 2.05) is 0 Å². The number of rotatable bonds is 2. The first kappa shape index (κ1) is 15.2. The van der Waals surface area contributed by atoms with Crippen LogP contribution >= 0.6 is 0 Å². The van der Waals surface area contributed by atoms with Crippen molar-refractivity contribution < 1.29 is 27.3 Å². The van der Waals surface area contributed by atoms with Gasteiger partial charge in [0.05, 0.1) is 21.2 Å². The highest BCUT2D eigenvalue weighted by atomic mass is 32.2. The fraction of sp³-hybridized carbons (Fsp3) is 0.0667. The van der Waals surface area contributed by atoms with Gasteiger partial charge in [-0.2, -0.15) is 8.42 Å². The van der Waals surface area contributed by atoms with Crippen LogP contribution in [-0.4, -0.2) is 24.0 Å². The van der Waals surface area contributed by atoms with Gasteiger partial charge in [-0.3, -0.25) is 9.35 Å². The average Bonchev–Trinajstić information content (AvgIpc) is 2.45. The Morgan fingerprint density at radius 1 is 1.13 bits per heavy atom. The maximum atomic E-state index is 12.6. The predicted octanol–water partition coefficient (Wildman–Crippen LogP) is 2.20. The van der Waals surface area contributed by atoms with Crippen molar-refractivity contribution in [3.8, 4) is 0 Å². The SMILES string of the molecule is Cc1c(C(=O)O)ccc2oc3cc(S(=O)(=O)O)ccc3c(=O)c12. The first-order valence-electron chi connectivity index (χ1n) is 6.41. The van der Waals surface area contributed by atoms with Gasteiger partial charge in [-0.05, 0) is 36.8 Å². The zero-order valence-corrected chi connectivity index (χ0v) is 12.5. The maximum absolute atomic E-state index is 12.6. The van der Waals surface area contributed by atoms with Gasteiger partial charge in [0.25, 0.3) is 10.1 Å². The topological polar surface area (TPSA) is 122 Å². The Kier molecular flexibility index (Phi) is 3.24. The summed E-state index contributed by atoms with van der Waals surface area (Å²) in [5.74, 6) is -1.16. The van der Waals surface area contributed by atoms with Crippen LogP contribution < -0.4 is 5.43 Å². The third kappa shape index (κ3) is 2.37. The highest BCUT2D eigenvalue weighted by Gasteiger charge is 2.17. The lowest BCUT2D eigenvalue weighted by molar-refractivity contribution is 0.0696. The standard InChI is InChI=1S/C15H10O7S/c1-7-9(15(17)18)4-5-11-13(7)14(16)10-3-2-8(23(19,20)21)6-12(10)22-11/h2-6H,1H3,(H,17,18)(H,19,20,21). The maximum Gasteiger partial charge on any atom is 0.335 e. The molecule has 23 heavy (non-hydrogen) atoms. The molecule has 0 unspecified atom stereocenters. The minimum atomic E-state index is -4.43. The number of fused-ring (bicyclic) bond motifs is 2. The largest absolute Gasteiger partial charge is 0.478 e. The van der Waals surface area contributed by atoms with Gasteiger partial charge >= 0.3 is 5.97 Å². The van der Waals surface area contributed by atoms with E-state index in [-0.39, 0.29) is 33.1 Å². The molecule has 0 saturated heterocycles. The van der Waals surface area contributed by atoms with E-state index in [0.29, 0.717) is 0 Å². The van der Waals surface area contributed by atoms with Gasteiger partial charge in [0.15, 0.2) is 0 Å². The van der Waals surface area contributed by atoms with E-state index < -0.39 is 26.4 Å². The van der Waals surface area contributed by atoms with E-state index in [9.17, 15) is 18.0 Å². The second-order valence-corrected chi connectivity index (χ2v) is 6.40. The molecule has 0 radical (unpaired) electrons. The minimum absolute atomic E-state index is 0.0138. The first-order valence-corrected chi connectivity index (χ1v) is 7.85. The molecule has 2 aromatic carbocycles. The number of benzene rings is 2. The van der Waals surface area contributed by atoms with Crippen LogP contribution in [0.25, 0.3) is 21.9 Å². The van der Waals surface area contributed by atoms with Gasteiger partial charge < -0.3 is 9.52 Å². The number of carboxylic acids is 1. The number of aryl methyl sites for hydroxylation is 1. The van der Waals surface area contributed by atoms with Crippen molar-refractivity contribution in [2.75, 3.05) is 0 Å². The van der Waals surface area contributed by atoms with E-state index in [4.69, 9.17) is 14.1 Å². The molecule has 7 nitrogen and oxygen atoms in total. The number of carboxylic acid groups (broad SMARTS) is 1. The highest BCUT2D eigenvalue weighted by molar-refractivity contribution is 7.85. The molecule has 0 fully saturated rings. The van der Waals surface area contributed by atoms with Crippen molar-refractivity contribution in [1.82, 2.24) is 0 Å². The molecule has 0 spiro atoms. The van der Waals surface area contributed by atoms with Gasteiger partial charge in [0.1, 0.15) is 11.2 Å². The lowest BCUT2D eigenvalue weighted by Gasteiger charge is -2.07. The molecule has 0 bridgehead atoms. The number of hydrogen-bond donors (Lipinski definition) is 2. The van der Waals surface area contributed by atoms with E-state index in [1.54, 1.807) is 0 Å². The number of carbonyl (C=O) groups is 1. The normalized spacial score (nSPS) is 11.9. The third-order valence-electron chi connectivity index (χ3n) is 3.60. The van der Waals surface area contributed by atoms with Crippen LogP contribution in [0, 0.1) is 6.92 Å². The summed E-state index contributed by atoms with van der Waals surface area (Å²) in [6, 6.07) is 5.99. The third-order valence-corrected chi connectivity index (χ3v) is 4.45. The molecule has 1 aromatic heterocycles. The lowest BCUT2D eigenvalue weighted by atomic mass is 10.0. The molecule has 0 amide bonds. The second-order valence-electron chi connectivity index (χ2n) is 4.98. The monoisotopic (exact) mass is 334 g/mol. The lowest BCUT2D eigenvalue weighted by Crippen LogP contribution is -2.08. The molecule has 3 aromatic rings. The zero-order chi connectivity index (χ0) is 16.9. The summed E-state index contributed by atoms with van der Waals surface area (Å²) in [5, 5.41) is 9.34. The van der Waals surface area contributed by atoms with Crippen molar-refractivity contribution >= 4 is 38.0 Å². The summed E-state index contributed by atoms with van der Waals surface area (Å²) in [6.45, 7) is 1.50. The van der Waals surface area contributed by atoms with Gasteiger partial charge in [-0.25, -0.2) is 4.79 Å². The van der Waals surface area contributed by atoms with Crippen LogP contribution in [0.4, 0.5) is 0 Å². The minimum Gasteiger partial charge on any atom is -0.478 e. The molecule has 0 aliphatic rings. The Bertz CT molecular complexity index is 1140. The van der Waals surface area contributed by atoms with Crippen molar-refractivity contribution in [2.45, 2.75) is 11.8 Å². The molecule has 1 heterocycles. The summed E-state index contributed by atoms with van der Waals surface area (Å²) in [7, 11) is -4.43. The summed E-state index contributed by atoms with van der Waals surface area (Å²) in [6.07, 6.45) is 0. The quantitative estimate of drug-likeness (QED) is 0.544. The molecule has 118 valence electrons. The van der Waals surface area contributed by atoms with E-state index in [1.165, 1.54) is 25.1 Å². The van der Waals surface area contributed by atoms with Crippen LogP contribution in [0.2, 0.25) is 0 Å². The Labute approximate surface area is 129 Å². The van der Waals surface area contributed by atoms with Crippen molar-refractivity contribution in [3.05, 3.63) is 51.7 Å². The summed E-state index contributed by atoms with van der Waals surface area (Å²) in [5.41, 5.74) is -0.0930. The molecular weight excluding hydrogens is 324 g/mol. The molecule has 0 saturated carbocycles. The highest BCUT2D eigenvalue weighted by Crippen LogP contribution is 2.25. The van der Waals surface area contributed by atoms with Crippen molar-refractivity contribution in [1.29, 1.82) is 0 Å². The van der Waals surface area contributed by atoms with Crippen LogP contribution in [0.15, 0.2) is 44.4 Å². The van der Waals surface area contributed by atoms with Gasteiger partial charge in [0.2, 0.25) is 5.43 Å². The first-order chi connectivity index (χ1) is 10.7. The van der Waals surface area contributed by atoms with Crippen molar-refractivity contribution in [3.63, 3.8) is 0 Å². The smallest absolute Gasteiger partial charge is 0.335 e. The van der Waals surface area contributed by atoms with E-state index >= 15 is 0 Å². The fourth-order valence-corrected chi connectivity index (χ4v) is 2.97. The Morgan fingerprint density at radius 3 is 2.43 bits per heavy atom. The van der Waals surface area contributed by atoms with Crippen LogP contribution in [-0.2, 0) is 10.1 Å². The van der Waals surface area contributed by atoms with Crippen LogP contribution in [0.3, 0.4) is 0 Å². The van der Waals surface area contributed by atoms with Gasteiger partial charge in [0, 0.05) is 6.07 Å². The molecule has 0 aliphatic carbocycles. The Balaban J connectivity index is 2.47. The molecule has 3 rings (SSSR count). The number of aromatic carboxylic acids is 1. The zero-order valence-electron chi connectivity index (χ0n) is 11.7. The number of hydrogen-bond acceptors (Lipinski definition) is 5. The average molecular weight is 334 g/mol. The predicted molar refractivity (Wildman–Crippen MR) is 81.5 cm³/mol. The molecule has 8 heteroatoms. The van der Waals surface area contributed by atoms with Crippen molar-refractivity contribution in [2.24, 2.45) is 0 Å². The molecule has 0 aliphatic heterocycles. The fourth-order valence-electron chi connectivity index (χ4n) is 2.47. The van der Waals surface area contributed by atoms with E-state index in [2.05, 4.69) is 0 Å². The molecule has 0 atom stereocenters. The van der Waals surface area contributed by atoms with Gasteiger partial charge in [-0.1, -0.05) is 0 Å². The second kappa shape index (κ2) is 4.90. The summed E-state index contributed by atoms with van der Waals surface area (Å²) < 4.78 is 36.9.